The van der Waals surface area contributed by atoms with Gasteiger partial charge in [-0.2, -0.15) is 0 Å². The first-order valence-electron chi connectivity index (χ1n) is 10.5. The molecular formula is C23H24N2O9. The third-order valence-corrected chi connectivity index (χ3v) is 7.01. The van der Waals surface area contributed by atoms with E-state index in [0.29, 0.717) is 0 Å². The second kappa shape index (κ2) is 7.67. The fraction of sp³-hybridized carbons (Fsp3) is 0.391. The normalized spacial score (nSPS) is 28.4. The number of rotatable bonds is 3. The summed E-state index contributed by atoms with van der Waals surface area (Å²) >= 11 is 0. The van der Waals surface area contributed by atoms with Gasteiger partial charge in [-0.25, -0.2) is 4.79 Å². The molecule has 0 saturated carbocycles. The van der Waals surface area contributed by atoms with Crippen LogP contribution in [0.15, 0.2) is 34.8 Å². The van der Waals surface area contributed by atoms with Gasteiger partial charge in [0.1, 0.15) is 22.8 Å². The van der Waals surface area contributed by atoms with E-state index in [1.165, 1.54) is 18.1 Å². The number of ketones is 2. The number of carbonyl (C=O) groups is 4. The number of phenolic OH excluding ortho intramolecular Hbond substituents is 1. The molecule has 0 radical (unpaired) electrons. The maximum atomic E-state index is 13.4. The average molecular weight is 472 g/mol. The number of aliphatic hydroxyl groups excluding tert-OH is 2. The highest BCUT2D eigenvalue weighted by molar-refractivity contribution is 6.25. The Kier molecular flexibility index (Phi) is 5.29. The zero-order valence-electron chi connectivity index (χ0n) is 18.7. The van der Waals surface area contributed by atoms with E-state index in [2.05, 4.69) is 0 Å². The van der Waals surface area contributed by atoms with Crippen LogP contribution in [0, 0.1) is 11.8 Å². The molecule has 0 heterocycles. The van der Waals surface area contributed by atoms with Gasteiger partial charge in [-0.15, -0.1) is 0 Å². The van der Waals surface area contributed by atoms with Crippen molar-refractivity contribution in [2.24, 2.45) is 17.6 Å². The Morgan fingerprint density at radius 1 is 1.18 bits per heavy atom. The number of amides is 1. The van der Waals surface area contributed by atoms with Gasteiger partial charge in [-0.05, 0) is 50.6 Å². The lowest BCUT2D eigenvalue weighted by Gasteiger charge is -2.50. The Balaban J connectivity index is 1.97. The van der Waals surface area contributed by atoms with E-state index in [1.807, 2.05) is 0 Å². The van der Waals surface area contributed by atoms with Gasteiger partial charge in [0.2, 0.25) is 5.78 Å². The number of nitrogens with two attached hydrogens (primary N) is 1. The number of ether oxygens (including phenoxy) is 1. The highest BCUT2D eigenvalue weighted by Crippen LogP contribution is 2.52. The third-order valence-electron chi connectivity index (χ3n) is 7.01. The summed E-state index contributed by atoms with van der Waals surface area (Å²) in [4.78, 5) is 52.3. The summed E-state index contributed by atoms with van der Waals surface area (Å²) < 4.78 is 4.78. The van der Waals surface area contributed by atoms with Crippen molar-refractivity contribution in [2.45, 2.75) is 24.5 Å². The zero-order valence-corrected chi connectivity index (χ0v) is 18.7. The topological polar surface area (TPSA) is 188 Å². The van der Waals surface area contributed by atoms with E-state index in [9.17, 15) is 39.6 Å². The van der Waals surface area contributed by atoms with Gasteiger partial charge in [-0.3, -0.25) is 19.3 Å². The van der Waals surface area contributed by atoms with Gasteiger partial charge >= 0.3 is 5.97 Å². The molecule has 0 aliphatic heterocycles. The van der Waals surface area contributed by atoms with Crippen molar-refractivity contribution >= 4 is 23.4 Å². The Morgan fingerprint density at radius 3 is 2.38 bits per heavy atom. The van der Waals surface area contributed by atoms with Crippen molar-refractivity contribution in [2.75, 3.05) is 21.2 Å². The first kappa shape index (κ1) is 23.5. The second-order valence-electron chi connectivity index (χ2n) is 8.94. The van der Waals surface area contributed by atoms with Crippen LogP contribution in [0.2, 0.25) is 0 Å². The van der Waals surface area contributed by atoms with E-state index in [0.717, 1.165) is 6.07 Å². The Bertz CT molecular complexity index is 1230. The van der Waals surface area contributed by atoms with Crippen LogP contribution < -0.4 is 5.73 Å². The molecule has 1 amide bonds. The average Bonchev–Trinajstić information content (AvgIpc) is 2.75. The van der Waals surface area contributed by atoms with Crippen LogP contribution in [-0.2, 0) is 20.7 Å². The lowest BCUT2D eigenvalue weighted by molar-refractivity contribution is -0.148. The molecule has 180 valence electrons. The van der Waals surface area contributed by atoms with Crippen LogP contribution in [0.3, 0.4) is 0 Å². The van der Waals surface area contributed by atoms with Gasteiger partial charge in [-0.1, -0.05) is 0 Å². The van der Waals surface area contributed by atoms with Crippen molar-refractivity contribution < 1.29 is 44.3 Å². The number of fused-ring (bicyclic) bond motifs is 3. The first-order valence-corrected chi connectivity index (χ1v) is 10.5. The number of aliphatic hydroxyl groups is 3. The largest absolute Gasteiger partial charge is 0.510 e. The minimum Gasteiger partial charge on any atom is -0.510 e. The molecule has 0 unspecified atom stereocenters. The maximum absolute atomic E-state index is 13.4. The number of benzene rings is 1. The van der Waals surface area contributed by atoms with Gasteiger partial charge in [0, 0.05) is 11.5 Å². The number of primary amides is 1. The standard InChI is InChI=1S/C23H24N2O9/c1-25(2)16-11-7-8-6-10-9(22(32)34-3)4-5-12(26)14(10)17(27)13(8)19(29)23(11,33)20(30)15(18(16)28)21(24)31/h4-5,8,11,16,26,28-29,33H,6-7H2,1-3H3,(H2,24,31)/t8-,11+,16+,23+/m1/s1. The van der Waals surface area contributed by atoms with Gasteiger partial charge in [0.25, 0.3) is 5.91 Å². The molecule has 11 nitrogen and oxygen atoms in total. The van der Waals surface area contributed by atoms with E-state index >= 15 is 0 Å². The molecule has 0 bridgehead atoms. The molecular weight excluding hydrogens is 448 g/mol. The summed E-state index contributed by atoms with van der Waals surface area (Å²) in [5.41, 5.74) is 1.44. The number of hydrogen-bond acceptors (Lipinski definition) is 10. The van der Waals surface area contributed by atoms with E-state index in [1.54, 1.807) is 14.1 Å². The van der Waals surface area contributed by atoms with Crippen molar-refractivity contribution in [1.29, 1.82) is 0 Å². The minimum atomic E-state index is -2.71. The van der Waals surface area contributed by atoms with E-state index in [4.69, 9.17) is 10.5 Å². The van der Waals surface area contributed by atoms with Crippen LogP contribution >= 0.6 is 0 Å². The molecule has 34 heavy (non-hydrogen) atoms. The summed E-state index contributed by atoms with van der Waals surface area (Å²) in [6.07, 6.45) is -0.0601. The molecule has 4 rings (SSSR count). The number of phenols is 1. The summed E-state index contributed by atoms with van der Waals surface area (Å²) in [7, 11) is 4.26. The molecule has 3 aliphatic carbocycles. The van der Waals surface area contributed by atoms with Gasteiger partial charge in [0.15, 0.2) is 11.4 Å². The lowest BCUT2D eigenvalue weighted by atomic mass is 9.58. The Labute approximate surface area is 193 Å². The molecule has 0 spiro atoms. The highest BCUT2D eigenvalue weighted by Gasteiger charge is 2.63. The van der Waals surface area contributed by atoms with Gasteiger partial charge in [0.05, 0.1) is 24.3 Å². The zero-order chi connectivity index (χ0) is 25.3. The first-order chi connectivity index (χ1) is 15.9. The van der Waals surface area contributed by atoms with Gasteiger partial charge < -0.3 is 30.9 Å². The van der Waals surface area contributed by atoms with Crippen molar-refractivity contribution in [3.05, 3.63) is 51.5 Å². The number of likely N-dealkylation sites (N-methyl/N-ethyl adjacent to an activating group) is 1. The molecule has 6 N–H and O–H groups in total. The van der Waals surface area contributed by atoms with E-state index in [-0.39, 0.29) is 35.1 Å². The van der Waals surface area contributed by atoms with Crippen molar-refractivity contribution in [3.63, 3.8) is 0 Å². The number of carbonyl (C=O) groups excluding carboxylic acids is 4. The predicted octanol–water partition coefficient (Wildman–Crippen LogP) is -0.0928. The molecule has 0 fully saturated rings. The molecule has 11 heteroatoms. The highest BCUT2D eigenvalue weighted by atomic mass is 16.5. The fourth-order valence-corrected chi connectivity index (χ4v) is 5.55. The summed E-state index contributed by atoms with van der Waals surface area (Å²) in [6, 6.07) is 1.37. The summed E-state index contributed by atoms with van der Waals surface area (Å²) in [6.45, 7) is 0. The second-order valence-corrected chi connectivity index (χ2v) is 8.94. The summed E-state index contributed by atoms with van der Waals surface area (Å²) in [5, 5.41) is 43.8. The molecule has 0 saturated heterocycles. The molecule has 1 aromatic rings. The van der Waals surface area contributed by atoms with Crippen LogP contribution in [0.1, 0.15) is 32.7 Å². The minimum absolute atomic E-state index is 0.00731. The number of esters is 1. The van der Waals surface area contributed by atoms with Crippen LogP contribution in [0.25, 0.3) is 0 Å². The number of hydrogen-bond donors (Lipinski definition) is 5. The Morgan fingerprint density at radius 2 is 1.82 bits per heavy atom. The predicted molar refractivity (Wildman–Crippen MR) is 115 cm³/mol. The van der Waals surface area contributed by atoms with E-state index < -0.39 is 69.8 Å². The summed E-state index contributed by atoms with van der Waals surface area (Å²) in [5.74, 6) is -8.16. The van der Waals surface area contributed by atoms with Crippen LogP contribution in [-0.4, -0.2) is 81.6 Å². The molecule has 0 aromatic heterocycles. The molecule has 1 aromatic carbocycles. The lowest BCUT2D eigenvalue weighted by Crippen LogP contribution is -2.63. The third kappa shape index (κ3) is 2.90. The number of methoxy groups -OCH3 is 1. The number of allylic oxidation sites excluding steroid dienone is 1. The van der Waals surface area contributed by atoms with Crippen molar-refractivity contribution in [1.82, 2.24) is 4.90 Å². The number of nitrogens with zero attached hydrogens (tertiary/aromatic N) is 1. The molecule has 4 atom stereocenters. The quantitative estimate of drug-likeness (QED) is 0.294. The maximum Gasteiger partial charge on any atom is 0.338 e. The SMILES string of the molecule is COC(=O)c1ccc(O)c2c1C[C@@H]1C[C@H]3[C@H](N(C)C)C(O)=C(C(N)=O)C(=O)[C@@]3(O)C(O)=C1C2=O. The fourth-order valence-electron chi connectivity index (χ4n) is 5.55. The van der Waals surface area contributed by atoms with Crippen LogP contribution in [0.5, 0.6) is 5.75 Å². The molecule has 3 aliphatic rings. The number of Topliss-reactive ketones (excluding diaryl/α,β-unsaturated/α-hetero) is 2. The monoisotopic (exact) mass is 472 g/mol. The van der Waals surface area contributed by atoms with Crippen LogP contribution in [0.4, 0.5) is 0 Å². The van der Waals surface area contributed by atoms with Crippen molar-refractivity contribution in [3.8, 4) is 5.75 Å². The number of aromatic hydroxyl groups is 1. The Hall–Kier alpha value is -3.70. The smallest absolute Gasteiger partial charge is 0.338 e.